The molecule has 3 atom stereocenters. The van der Waals surface area contributed by atoms with E-state index in [1.54, 1.807) is 0 Å². The van der Waals surface area contributed by atoms with Gasteiger partial charge in [-0.3, -0.25) is 0 Å². The highest BCUT2D eigenvalue weighted by molar-refractivity contribution is 4.83. The van der Waals surface area contributed by atoms with E-state index in [-0.39, 0.29) is 0 Å². The molecule has 0 fully saturated rings. The monoisotopic (exact) mass is 282 g/mol. The van der Waals surface area contributed by atoms with E-state index in [1.165, 1.54) is 44.9 Å². The lowest BCUT2D eigenvalue weighted by atomic mass is 9.65. The van der Waals surface area contributed by atoms with E-state index in [0.29, 0.717) is 5.41 Å². The van der Waals surface area contributed by atoms with Gasteiger partial charge in [0.25, 0.3) is 0 Å². The fourth-order valence-corrected chi connectivity index (χ4v) is 3.91. The molecule has 0 spiro atoms. The maximum Gasteiger partial charge on any atom is -0.0334 e. The van der Waals surface area contributed by atoms with Crippen molar-refractivity contribution in [1.29, 1.82) is 0 Å². The minimum Gasteiger partial charge on any atom is -0.0654 e. The van der Waals surface area contributed by atoms with Gasteiger partial charge < -0.3 is 0 Å². The molecule has 20 heavy (non-hydrogen) atoms. The van der Waals surface area contributed by atoms with Crippen molar-refractivity contribution >= 4 is 0 Å². The highest BCUT2D eigenvalue weighted by atomic mass is 14.4. The van der Waals surface area contributed by atoms with E-state index in [1.807, 2.05) is 0 Å². The minimum absolute atomic E-state index is 0.454. The van der Waals surface area contributed by atoms with Crippen LogP contribution in [0.5, 0.6) is 0 Å². The van der Waals surface area contributed by atoms with Gasteiger partial charge in [0, 0.05) is 0 Å². The van der Waals surface area contributed by atoms with Crippen molar-refractivity contribution in [3.8, 4) is 0 Å². The zero-order chi connectivity index (χ0) is 15.8. The molecule has 0 aliphatic heterocycles. The highest BCUT2D eigenvalue weighted by Crippen LogP contribution is 2.42. The van der Waals surface area contributed by atoms with Crippen LogP contribution in [0.3, 0.4) is 0 Å². The third-order valence-electron chi connectivity index (χ3n) is 5.34. The summed E-state index contributed by atoms with van der Waals surface area (Å²) in [5, 5.41) is 0. The van der Waals surface area contributed by atoms with Gasteiger partial charge in [0.05, 0.1) is 0 Å². The van der Waals surface area contributed by atoms with Crippen molar-refractivity contribution < 1.29 is 0 Å². The average molecular weight is 283 g/mol. The van der Waals surface area contributed by atoms with Crippen LogP contribution in [-0.2, 0) is 0 Å². The summed E-state index contributed by atoms with van der Waals surface area (Å²) in [4.78, 5) is 0. The Morgan fingerprint density at radius 1 is 0.700 bits per heavy atom. The van der Waals surface area contributed by atoms with Gasteiger partial charge in [0.15, 0.2) is 0 Å². The molecule has 0 amide bonds. The lowest BCUT2D eigenvalue weighted by Gasteiger charge is -2.40. The van der Waals surface area contributed by atoms with Crippen LogP contribution in [-0.4, -0.2) is 0 Å². The molecule has 0 heteroatoms. The van der Waals surface area contributed by atoms with Crippen LogP contribution in [0.1, 0.15) is 100 Å². The van der Waals surface area contributed by atoms with Crippen LogP contribution in [0, 0.1) is 29.1 Å². The van der Waals surface area contributed by atoms with Crippen LogP contribution in [0.4, 0.5) is 0 Å². The molecule has 0 aliphatic carbocycles. The maximum absolute atomic E-state index is 2.49. The summed E-state index contributed by atoms with van der Waals surface area (Å²) in [5.41, 5.74) is 0.454. The molecule has 0 saturated carbocycles. The Labute approximate surface area is 130 Å². The summed E-state index contributed by atoms with van der Waals surface area (Å²) >= 11 is 0. The Morgan fingerprint density at radius 3 is 1.50 bits per heavy atom. The molecule has 0 nitrogen and oxygen atoms in total. The van der Waals surface area contributed by atoms with Crippen LogP contribution in [0.25, 0.3) is 0 Å². The molecule has 0 bridgehead atoms. The zero-order valence-electron chi connectivity index (χ0n) is 15.8. The van der Waals surface area contributed by atoms with E-state index in [2.05, 4.69) is 55.4 Å². The quantitative estimate of drug-likeness (QED) is 0.393. The molecular weight excluding hydrogens is 240 g/mol. The van der Waals surface area contributed by atoms with Crippen LogP contribution >= 0.6 is 0 Å². The molecule has 0 N–H and O–H groups in total. The second kappa shape index (κ2) is 9.85. The normalized spacial score (nSPS) is 17.2. The largest absolute Gasteiger partial charge is 0.0654 e. The molecule has 0 aliphatic rings. The van der Waals surface area contributed by atoms with Crippen molar-refractivity contribution in [1.82, 2.24) is 0 Å². The van der Waals surface area contributed by atoms with Crippen molar-refractivity contribution in [2.75, 3.05) is 0 Å². The molecule has 0 saturated heterocycles. The van der Waals surface area contributed by atoms with Crippen LogP contribution in [0.15, 0.2) is 0 Å². The Kier molecular flexibility index (Phi) is 9.85. The van der Waals surface area contributed by atoms with Gasteiger partial charge in [-0.15, -0.1) is 0 Å². The molecule has 0 rings (SSSR count). The van der Waals surface area contributed by atoms with Gasteiger partial charge in [-0.1, -0.05) is 93.9 Å². The lowest BCUT2D eigenvalue weighted by Crippen LogP contribution is -2.31. The first kappa shape index (κ1) is 20.0. The molecule has 122 valence electrons. The summed E-state index contributed by atoms with van der Waals surface area (Å²) in [7, 11) is 0. The van der Waals surface area contributed by atoms with Gasteiger partial charge >= 0.3 is 0 Å². The van der Waals surface area contributed by atoms with Gasteiger partial charge in [0.1, 0.15) is 0 Å². The molecule has 0 heterocycles. The standard InChI is InChI=1S/C20H42/c1-9-12-16(4)17(5)15-19(20(6,7)8)18(13-10-2)14-11-3/h16-19H,9-15H2,1-8H3. The smallest absolute Gasteiger partial charge is 0.0334 e. The Morgan fingerprint density at radius 2 is 1.15 bits per heavy atom. The lowest BCUT2D eigenvalue weighted by molar-refractivity contribution is 0.0996. The summed E-state index contributed by atoms with van der Waals surface area (Å²) < 4.78 is 0. The zero-order valence-corrected chi connectivity index (χ0v) is 15.8. The summed E-state index contributed by atoms with van der Waals surface area (Å²) in [6.45, 7) is 19.4. The van der Waals surface area contributed by atoms with Gasteiger partial charge in [-0.25, -0.2) is 0 Å². The predicted octanol–water partition coefficient (Wildman–Crippen LogP) is 7.33. The average Bonchev–Trinajstić information content (AvgIpc) is 2.34. The Balaban J connectivity index is 4.86. The fraction of sp³-hybridized carbons (Fsp3) is 1.00. The topological polar surface area (TPSA) is 0 Å². The number of hydrogen-bond acceptors (Lipinski definition) is 0. The van der Waals surface area contributed by atoms with Gasteiger partial charge in [-0.2, -0.15) is 0 Å². The maximum atomic E-state index is 2.49. The van der Waals surface area contributed by atoms with Crippen molar-refractivity contribution in [3.63, 3.8) is 0 Å². The first-order valence-electron chi connectivity index (χ1n) is 9.27. The predicted molar refractivity (Wildman–Crippen MR) is 94.1 cm³/mol. The van der Waals surface area contributed by atoms with Crippen LogP contribution < -0.4 is 0 Å². The minimum atomic E-state index is 0.454. The van der Waals surface area contributed by atoms with Crippen molar-refractivity contribution in [2.24, 2.45) is 29.1 Å². The molecular formula is C20H42. The fourth-order valence-electron chi connectivity index (χ4n) is 3.91. The van der Waals surface area contributed by atoms with E-state index >= 15 is 0 Å². The van der Waals surface area contributed by atoms with Crippen LogP contribution in [0.2, 0.25) is 0 Å². The first-order chi connectivity index (χ1) is 9.27. The SMILES string of the molecule is CCCC(C)C(C)CC(C(CCC)CCC)C(C)(C)C. The van der Waals surface area contributed by atoms with Crippen molar-refractivity contribution in [3.05, 3.63) is 0 Å². The summed E-state index contributed by atoms with van der Waals surface area (Å²) in [6, 6.07) is 0. The molecule has 0 aromatic carbocycles. The van der Waals surface area contributed by atoms with Crippen molar-refractivity contribution in [2.45, 2.75) is 100 Å². The van der Waals surface area contributed by atoms with E-state index in [0.717, 1.165) is 23.7 Å². The Bertz CT molecular complexity index is 217. The first-order valence-corrected chi connectivity index (χ1v) is 9.27. The van der Waals surface area contributed by atoms with Gasteiger partial charge in [-0.05, 0) is 35.5 Å². The number of hydrogen-bond donors (Lipinski definition) is 0. The molecule has 3 unspecified atom stereocenters. The number of rotatable bonds is 10. The molecule has 0 aromatic rings. The van der Waals surface area contributed by atoms with Gasteiger partial charge in [0.2, 0.25) is 0 Å². The highest BCUT2D eigenvalue weighted by Gasteiger charge is 2.33. The molecule has 0 radical (unpaired) electrons. The van der Waals surface area contributed by atoms with E-state index in [9.17, 15) is 0 Å². The third kappa shape index (κ3) is 7.14. The summed E-state index contributed by atoms with van der Waals surface area (Å²) in [6.07, 6.45) is 9.68. The summed E-state index contributed by atoms with van der Waals surface area (Å²) in [5.74, 6) is 3.57. The second-order valence-electron chi connectivity index (χ2n) is 8.29. The Hall–Kier alpha value is 0. The second-order valence-corrected chi connectivity index (χ2v) is 8.29. The molecule has 0 aromatic heterocycles. The third-order valence-corrected chi connectivity index (χ3v) is 5.34. The van der Waals surface area contributed by atoms with E-state index < -0.39 is 0 Å². The van der Waals surface area contributed by atoms with E-state index in [4.69, 9.17) is 0 Å².